The summed E-state index contributed by atoms with van der Waals surface area (Å²) in [5, 5.41) is 10.7. The lowest BCUT2D eigenvalue weighted by molar-refractivity contribution is -0.114. The van der Waals surface area contributed by atoms with E-state index in [9.17, 15) is 22.4 Å². The standard InChI is InChI=1S/C18H11F4N5OS/c19-13-6-2-1-4-10(13)9-26-7-3-5-11(26)8-12-14(23)27-17(24-15(12)28)29-16(25-27)18(20,21)22/h1-8,23H,9H2. The number of benzene rings is 1. The fourth-order valence-electron chi connectivity index (χ4n) is 2.77. The number of hydrogen-bond acceptors (Lipinski definition) is 4. The lowest BCUT2D eigenvalue weighted by Crippen LogP contribution is -2.35. The van der Waals surface area contributed by atoms with Crippen molar-refractivity contribution in [2.24, 2.45) is 10.1 Å². The summed E-state index contributed by atoms with van der Waals surface area (Å²) in [6.07, 6.45) is -1.71. The van der Waals surface area contributed by atoms with E-state index in [-0.39, 0.29) is 29.0 Å². The zero-order valence-corrected chi connectivity index (χ0v) is 15.3. The number of hydrazone groups is 1. The number of amidine groups is 2. The Kier molecular flexibility index (Phi) is 4.61. The highest BCUT2D eigenvalue weighted by Gasteiger charge is 2.46. The van der Waals surface area contributed by atoms with Crippen LogP contribution in [0.4, 0.5) is 17.6 Å². The highest BCUT2D eigenvalue weighted by molar-refractivity contribution is 8.27. The molecular weight excluding hydrogens is 410 g/mol. The molecule has 6 nitrogen and oxygen atoms in total. The Hall–Kier alpha value is -3.21. The van der Waals surface area contributed by atoms with Crippen molar-refractivity contribution in [3.05, 3.63) is 65.2 Å². The van der Waals surface area contributed by atoms with Gasteiger partial charge in [-0.1, -0.05) is 18.2 Å². The first-order valence-corrected chi connectivity index (χ1v) is 9.01. The summed E-state index contributed by atoms with van der Waals surface area (Å²) in [7, 11) is 0. The summed E-state index contributed by atoms with van der Waals surface area (Å²) < 4.78 is 54.2. The van der Waals surface area contributed by atoms with Crippen LogP contribution in [0.1, 0.15) is 11.3 Å². The van der Waals surface area contributed by atoms with Crippen molar-refractivity contribution in [2.75, 3.05) is 0 Å². The lowest BCUT2D eigenvalue weighted by atomic mass is 10.1. The van der Waals surface area contributed by atoms with Crippen molar-refractivity contribution in [3.63, 3.8) is 0 Å². The van der Waals surface area contributed by atoms with Gasteiger partial charge in [0, 0.05) is 17.5 Å². The predicted molar refractivity (Wildman–Crippen MR) is 101 cm³/mol. The Morgan fingerprint density at radius 1 is 1.17 bits per heavy atom. The maximum Gasteiger partial charge on any atom is 0.441 e. The largest absolute Gasteiger partial charge is 0.441 e. The third-order valence-electron chi connectivity index (χ3n) is 4.15. The third-order valence-corrected chi connectivity index (χ3v) is 5.11. The van der Waals surface area contributed by atoms with Crippen LogP contribution in [0.15, 0.2) is 58.3 Å². The number of thioether (sulfide) groups is 1. The van der Waals surface area contributed by atoms with Gasteiger partial charge in [0.25, 0.3) is 5.91 Å². The fourth-order valence-corrected chi connectivity index (χ4v) is 3.53. The highest BCUT2D eigenvalue weighted by Crippen LogP contribution is 2.35. The van der Waals surface area contributed by atoms with Crippen molar-refractivity contribution in [2.45, 2.75) is 12.7 Å². The van der Waals surface area contributed by atoms with E-state index in [1.807, 2.05) is 0 Å². The normalized spacial score (nSPS) is 18.2. The topological polar surface area (TPSA) is 73.8 Å². The molecule has 0 atom stereocenters. The van der Waals surface area contributed by atoms with Gasteiger partial charge in [-0.15, -0.1) is 0 Å². The van der Waals surface area contributed by atoms with Crippen LogP contribution in [-0.4, -0.2) is 37.7 Å². The number of hydrogen-bond donors (Lipinski definition) is 1. The van der Waals surface area contributed by atoms with Gasteiger partial charge in [0.2, 0.25) is 10.2 Å². The van der Waals surface area contributed by atoms with Crippen LogP contribution in [0.5, 0.6) is 0 Å². The van der Waals surface area contributed by atoms with Crippen LogP contribution in [0.3, 0.4) is 0 Å². The van der Waals surface area contributed by atoms with E-state index < -0.39 is 28.8 Å². The van der Waals surface area contributed by atoms with Gasteiger partial charge in [-0.2, -0.15) is 28.3 Å². The molecule has 1 aromatic heterocycles. The van der Waals surface area contributed by atoms with Crippen LogP contribution in [-0.2, 0) is 11.3 Å². The molecule has 148 valence electrons. The van der Waals surface area contributed by atoms with Gasteiger partial charge < -0.3 is 4.57 Å². The predicted octanol–water partition coefficient (Wildman–Crippen LogP) is 3.86. The van der Waals surface area contributed by atoms with E-state index in [1.165, 1.54) is 12.1 Å². The minimum absolute atomic E-state index is 0.171. The molecule has 3 heterocycles. The second-order valence-corrected chi connectivity index (χ2v) is 7.03. The van der Waals surface area contributed by atoms with Gasteiger partial charge in [-0.3, -0.25) is 10.2 Å². The molecule has 1 amide bonds. The molecule has 0 unspecified atom stereocenters. The lowest BCUT2D eigenvalue weighted by Gasteiger charge is -2.20. The molecule has 0 fully saturated rings. The van der Waals surface area contributed by atoms with Gasteiger partial charge in [0.1, 0.15) is 5.82 Å². The van der Waals surface area contributed by atoms with E-state index in [2.05, 4.69) is 10.1 Å². The first kappa shape index (κ1) is 19.1. The number of nitrogens with zero attached hydrogens (tertiary/aromatic N) is 4. The number of amides is 1. The van der Waals surface area contributed by atoms with Crippen LogP contribution in [0.25, 0.3) is 6.08 Å². The van der Waals surface area contributed by atoms with Gasteiger partial charge in [0.05, 0.1) is 12.1 Å². The molecule has 0 spiro atoms. The Morgan fingerprint density at radius 3 is 2.66 bits per heavy atom. The van der Waals surface area contributed by atoms with Crippen molar-refractivity contribution >= 4 is 39.8 Å². The summed E-state index contributed by atoms with van der Waals surface area (Å²) in [5.41, 5.74) is 0.672. The molecule has 2 aromatic rings. The summed E-state index contributed by atoms with van der Waals surface area (Å²) >= 11 is 0.191. The van der Waals surface area contributed by atoms with E-state index >= 15 is 0 Å². The number of halogens is 4. The number of carbonyl (C=O) groups excluding carboxylic acids is 1. The number of nitrogens with one attached hydrogen (secondary N) is 1. The Labute approximate surface area is 165 Å². The van der Waals surface area contributed by atoms with E-state index in [0.29, 0.717) is 16.3 Å². The molecular formula is C18H11F4N5OS. The average molecular weight is 421 g/mol. The van der Waals surface area contributed by atoms with Gasteiger partial charge in [-0.05, 0) is 36.0 Å². The number of fused-ring (bicyclic) bond motifs is 1. The van der Waals surface area contributed by atoms with Crippen LogP contribution < -0.4 is 0 Å². The molecule has 4 rings (SSSR count). The minimum atomic E-state index is -4.70. The maximum atomic E-state index is 13.9. The number of aliphatic imine (C=N–C) groups is 1. The average Bonchev–Trinajstić information content (AvgIpc) is 3.27. The minimum Gasteiger partial charge on any atom is -0.343 e. The number of carbonyl (C=O) groups is 1. The summed E-state index contributed by atoms with van der Waals surface area (Å²) in [5.74, 6) is -1.74. The molecule has 2 aliphatic heterocycles. The monoisotopic (exact) mass is 421 g/mol. The third kappa shape index (κ3) is 3.60. The Morgan fingerprint density at radius 2 is 1.93 bits per heavy atom. The first-order valence-electron chi connectivity index (χ1n) is 8.20. The molecule has 2 aliphatic rings. The zero-order valence-electron chi connectivity index (χ0n) is 14.4. The SMILES string of the molecule is N=C1C(=Cc2cccn2Cc2ccccc2F)C(=O)N=C2SC(C(F)(F)F)=NN12. The highest BCUT2D eigenvalue weighted by atomic mass is 32.2. The van der Waals surface area contributed by atoms with Crippen molar-refractivity contribution < 1.29 is 22.4 Å². The maximum absolute atomic E-state index is 13.9. The molecule has 0 saturated carbocycles. The van der Waals surface area contributed by atoms with E-state index in [0.717, 1.165) is 0 Å². The summed E-state index contributed by atoms with van der Waals surface area (Å²) in [6, 6.07) is 9.51. The van der Waals surface area contributed by atoms with Crippen molar-refractivity contribution in [1.82, 2.24) is 9.58 Å². The number of rotatable bonds is 3. The van der Waals surface area contributed by atoms with E-state index in [1.54, 1.807) is 41.1 Å². The molecule has 0 radical (unpaired) electrons. The van der Waals surface area contributed by atoms with Crippen LogP contribution in [0, 0.1) is 11.2 Å². The second kappa shape index (κ2) is 6.99. The molecule has 1 N–H and O–H groups in total. The van der Waals surface area contributed by atoms with Crippen molar-refractivity contribution in [1.29, 1.82) is 5.41 Å². The molecule has 1 aromatic carbocycles. The molecule has 29 heavy (non-hydrogen) atoms. The van der Waals surface area contributed by atoms with Crippen LogP contribution in [0.2, 0.25) is 0 Å². The number of alkyl halides is 3. The zero-order chi connectivity index (χ0) is 20.8. The first-order chi connectivity index (χ1) is 13.7. The fraction of sp³-hybridized carbons (Fsp3) is 0.111. The smallest absolute Gasteiger partial charge is 0.343 e. The summed E-state index contributed by atoms with van der Waals surface area (Å²) in [4.78, 5) is 15.9. The quantitative estimate of drug-likeness (QED) is 0.604. The molecule has 11 heteroatoms. The molecule has 0 aliphatic carbocycles. The number of aromatic nitrogens is 1. The van der Waals surface area contributed by atoms with Gasteiger partial charge in [-0.25, -0.2) is 4.39 Å². The second-order valence-electron chi connectivity index (χ2n) is 6.08. The Balaban J connectivity index is 1.66. The van der Waals surface area contributed by atoms with Gasteiger partial charge in [0.15, 0.2) is 5.84 Å². The van der Waals surface area contributed by atoms with E-state index in [4.69, 9.17) is 5.41 Å². The summed E-state index contributed by atoms with van der Waals surface area (Å²) in [6.45, 7) is 0.171. The van der Waals surface area contributed by atoms with Crippen molar-refractivity contribution in [3.8, 4) is 0 Å². The molecule has 0 bridgehead atoms. The Bertz CT molecular complexity index is 1120. The van der Waals surface area contributed by atoms with Gasteiger partial charge >= 0.3 is 6.18 Å². The van der Waals surface area contributed by atoms with Crippen LogP contribution >= 0.6 is 11.8 Å². The molecule has 0 saturated heterocycles.